The van der Waals surface area contributed by atoms with Gasteiger partial charge in [0.2, 0.25) is 5.91 Å². The third kappa shape index (κ3) is 2.87. The van der Waals surface area contributed by atoms with Crippen LogP contribution < -0.4 is 10.7 Å². The average Bonchev–Trinajstić information content (AvgIpc) is 2.33. The van der Waals surface area contributed by atoms with E-state index in [9.17, 15) is 14.0 Å². The lowest BCUT2D eigenvalue weighted by molar-refractivity contribution is -0.121. The molecule has 0 radical (unpaired) electrons. The van der Waals surface area contributed by atoms with Crippen LogP contribution in [0.15, 0.2) is 29.4 Å². The number of halogens is 1. The van der Waals surface area contributed by atoms with Gasteiger partial charge in [-0.05, 0) is 24.3 Å². The Morgan fingerprint density at radius 3 is 2.59 bits per heavy atom. The zero-order valence-corrected chi connectivity index (χ0v) is 8.87. The summed E-state index contributed by atoms with van der Waals surface area (Å²) in [4.78, 5) is 22.5. The molecule has 5 nitrogen and oxygen atoms in total. The number of hydrazone groups is 1. The van der Waals surface area contributed by atoms with Gasteiger partial charge >= 0.3 is 0 Å². The Morgan fingerprint density at radius 1 is 1.29 bits per heavy atom. The number of nitrogens with zero attached hydrogens (tertiary/aromatic N) is 1. The van der Waals surface area contributed by atoms with Gasteiger partial charge in [-0.1, -0.05) is 0 Å². The van der Waals surface area contributed by atoms with Crippen molar-refractivity contribution in [1.82, 2.24) is 5.43 Å². The molecule has 2 rings (SSSR count). The third-order valence-corrected chi connectivity index (χ3v) is 2.27. The molecule has 2 N–H and O–H groups in total. The number of nitrogens with one attached hydrogen (secondary N) is 2. The van der Waals surface area contributed by atoms with Crippen molar-refractivity contribution >= 4 is 23.2 Å². The Balaban J connectivity index is 2.02. The quantitative estimate of drug-likeness (QED) is 0.803. The van der Waals surface area contributed by atoms with Crippen LogP contribution >= 0.6 is 0 Å². The van der Waals surface area contributed by atoms with E-state index in [2.05, 4.69) is 15.8 Å². The molecule has 0 saturated heterocycles. The molecule has 6 heteroatoms. The van der Waals surface area contributed by atoms with Crippen molar-refractivity contribution in [3.05, 3.63) is 30.1 Å². The molecular formula is C11H10FN3O2. The molecule has 0 fully saturated rings. The summed E-state index contributed by atoms with van der Waals surface area (Å²) >= 11 is 0. The first-order valence-electron chi connectivity index (χ1n) is 5.07. The van der Waals surface area contributed by atoms with Crippen LogP contribution in [-0.4, -0.2) is 17.5 Å². The van der Waals surface area contributed by atoms with Crippen molar-refractivity contribution in [2.45, 2.75) is 12.8 Å². The summed E-state index contributed by atoms with van der Waals surface area (Å²) in [6.07, 6.45) is 0.550. The zero-order valence-electron chi connectivity index (χ0n) is 8.87. The minimum atomic E-state index is -0.392. The minimum absolute atomic E-state index is 0.205. The number of amides is 2. The van der Waals surface area contributed by atoms with Crippen LogP contribution in [0.5, 0.6) is 0 Å². The van der Waals surface area contributed by atoms with Crippen LogP contribution in [0.4, 0.5) is 10.1 Å². The molecule has 1 aliphatic heterocycles. The monoisotopic (exact) mass is 235 g/mol. The van der Waals surface area contributed by atoms with Gasteiger partial charge in [0.1, 0.15) is 11.5 Å². The van der Waals surface area contributed by atoms with Crippen molar-refractivity contribution in [3.8, 4) is 0 Å². The maximum absolute atomic E-state index is 12.6. The summed E-state index contributed by atoms with van der Waals surface area (Å²) in [5.41, 5.74) is 2.98. The molecule has 17 heavy (non-hydrogen) atoms. The highest BCUT2D eigenvalue weighted by Crippen LogP contribution is 2.09. The molecule has 88 valence electrons. The lowest BCUT2D eigenvalue weighted by Crippen LogP contribution is -2.32. The molecule has 0 unspecified atom stereocenters. The molecular weight excluding hydrogens is 225 g/mol. The second kappa shape index (κ2) is 4.73. The summed E-state index contributed by atoms with van der Waals surface area (Å²) in [7, 11) is 0. The van der Waals surface area contributed by atoms with Crippen LogP contribution in [0.3, 0.4) is 0 Å². The van der Waals surface area contributed by atoms with Gasteiger partial charge in [0.05, 0.1) is 0 Å². The summed E-state index contributed by atoms with van der Waals surface area (Å²) in [6, 6.07) is 5.41. The van der Waals surface area contributed by atoms with Gasteiger partial charge in [0, 0.05) is 18.5 Å². The van der Waals surface area contributed by atoms with Gasteiger partial charge in [0.15, 0.2) is 0 Å². The molecule has 0 bridgehead atoms. The molecule has 1 aromatic carbocycles. The van der Waals surface area contributed by atoms with Gasteiger partial charge in [-0.2, -0.15) is 5.10 Å². The number of hydrogen-bond donors (Lipinski definition) is 2. The van der Waals surface area contributed by atoms with E-state index in [1.807, 2.05) is 0 Å². The van der Waals surface area contributed by atoms with Gasteiger partial charge in [-0.3, -0.25) is 9.59 Å². The Kier molecular flexibility index (Phi) is 3.13. The first-order valence-corrected chi connectivity index (χ1v) is 5.07. The maximum Gasteiger partial charge on any atom is 0.271 e. The van der Waals surface area contributed by atoms with Crippen LogP contribution in [-0.2, 0) is 9.59 Å². The van der Waals surface area contributed by atoms with E-state index in [0.29, 0.717) is 12.1 Å². The van der Waals surface area contributed by atoms with Gasteiger partial charge in [-0.25, -0.2) is 9.82 Å². The smallest absolute Gasteiger partial charge is 0.271 e. The standard InChI is InChI=1S/C11H10FN3O2/c12-7-1-3-8(4-2-7)13-11(17)9-5-6-10(16)15-14-9/h1-4H,5-6H2,(H,13,17)(H,15,16). The number of benzene rings is 1. The Morgan fingerprint density at radius 2 is 2.00 bits per heavy atom. The number of anilines is 1. The third-order valence-electron chi connectivity index (χ3n) is 2.27. The molecule has 0 aromatic heterocycles. The van der Waals surface area contributed by atoms with Crippen molar-refractivity contribution in [3.63, 3.8) is 0 Å². The SMILES string of the molecule is O=C1CCC(C(=O)Nc2ccc(F)cc2)=NN1. The molecule has 0 spiro atoms. The number of rotatable bonds is 2. The zero-order chi connectivity index (χ0) is 12.3. The number of hydrogen-bond acceptors (Lipinski definition) is 3. The fourth-order valence-corrected chi connectivity index (χ4v) is 1.37. The topological polar surface area (TPSA) is 70.6 Å². The van der Waals surface area contributed by atoms with Crippen LogP contribution in [0.1, 0.15) is 12.8 Å². The van der Waals surface area contributed by atoms with Gasteiger partial charge < -0.3 is 5.32 Å². The lowest BCUT2D eigenvalue weighted by Gasteiger charge is -2.11. The molecule has 0 atom stereocenters. The average molecular weight is 235 g/mol. The molecule has 1 heterocycles. The summed E-state index contributed by atoms with van der Waals surface area (Å²) < 4.78 is 12.6. The van der Waals surface area contributed by atoms with Gasteiger partial charge in [-0.15, -0.1) is 0 Å². The van der Waals surface area contributed by atoms with Crippen molar-refractivity contribution < 1.29 is 14.0 Å². The Hall–Kier alpha value is -2.24. The largest absolute Gasteiger partial charge is 0.321 e. The van der Waals surface area contributed by atoms with Crippen molar-refractivity contribution in [2.75, 3.05) is 5.32 Å². The summed E-state index contributed by atoms with van der Waals surface area (Å²) in [5, 5.41) is 6.22. The maximum atomic E-state index is 12.6. The predicted octanol–water partition coefficient (Wildman–Crippen LogP) is 1.03. The van der Waals surface area contributed by atoms with E-state index in [-0.39, 0.29) is 23.9 Å². The van der Waals surface area contributed by atoms with E-state index < -0.39 is 5.91 Å². The molecule has 1 aliphatic rings. The van der Waals surface area contributed by atoms with Crippen molar-refractivity contribution in [2.24, 2.45) is 5.10 Å². The van der Waals surface area contributed by atoms with Crippen LogP contribution in [0, 0.1) is 5.82 Å². The lowest BCUT2D eigenvalue weighted by atomic mass is 10.1. The fraction of sp³-hybridized carbons (Fsp3) is 0.182. The Labute approximate surface area is 96.7 Å². The van der Waals surface area contributed by atoms with Crippen LogP contribution in [0.2, 0.25) is 0 Å². The first-order chi connectivity index (χ1) is 8.15. The highest BCUT2D eigenvalue weighted by molar-refractivity contribution is 6.43. The summed E-state index contributed by atoms with van der Waals surface area (Å²) in [5.74, 6) is -0.967. The second-order valence-corrected chi connectivity index (χ2v) is 3.55. The normalized spacial score (nSPS) is 14.9. The van der Waals surface area contributed by atoms with E-state index in [1.54, 1.807) is 0 Å². The summed E-state index contributed by atoms with van der Waals surface area (Å²) in [6.45, 7) is 0. The number of carbonyl (C=O) groups is 2. The van der Waals surface area contributed by atoms with Crippen molar-refractivity contribution in [1.29, 1.82) is 0 Å². The highest BCUT2D eigenvalue weighted by Gasteiger charge is 2.18. The van der Waals surface area contributed by atoms with E-state index in [0.717, 1.165) is 0 Å². The predicted molar refractivity (Wildman–Crippen MR) is 59.8 cm³/mol. The van der Waals surface area contributed by atoms with Crippen LogP contribution in [0.25, 0.3) is 0 Å². The molecule has 1 aromatic rings. The fourth-order valence-electron chi connectivity index (χ4n) is 1.37. The van der Waals surface area contributed by atoms with Gasteiger partial charge in [0.25, 0.3) is 5.91 Å². The van der Waals surface area contributed by atoms with E-state index in [4.69, 9.17) is 0 Å². The minimum Gasteiger partial charge on any atom is -0.321 e. The molecule has 2 amide bonds. The molecule has 0 aliphatic carbocycles. The first kappa shape index (κ1) is 11.3. The molecule has 0 saturated carbocycles. The number of carbonyl (C=O) groups excluding carboxylic acids is 2. The second-order valence-electron chi connectivity index (χ2n) is 3.55. The Bertz CT molecular complexity index is 482. The van der Waals surface area contributed by atoms with E-state index in [1.165, 1.54) is 24.3 Å². The van der Waals surface area contributed by atoms with E-state index >= 15 is 0 Å². The highest BCUT2D eigenvalue weighted by atomic mass is 19.1.